The lowest BCUT2D eigenvalue weighted by atomic mass is 10.00. The van der Waals surface area contributed by atoms with Crippen LogP contribution in [-0.4, -0.2) is 40.7 Å². The fraction of sp³-hybridized carbons (Fsp3) is 0.562. The number of hydrogen-bond donors (Lipinski definition) is 0. The summed E-state index contributed by atoms with van der Waals surface area (Å²) in [6.45, 7) is 2.18. The number of rotatable bonds is 3. The van der Waals surface area contributed by atoms with Crippen LogP contribution in [0.25, 0.3) is 0 Å². The minimum Gasteiger partial charge on any atom is -0.472 e. The molecule has 2 saturated heterocycles. The molecule has 2 aromatic rings. The Morgan fingerprint density at radius 2 is 2.13 bits per heavy atom. The number of carbonyl (C=O) groups excluding carboxylic acids is 1. The van der Waals surface area contributed by atoms with Gasteiger partial charge in [0.15, 0.2) is 5.82 Å². The van der Waals surface area contributed by atoms with Gasteiger partial charge < -0.3 is 18.6 Å². The van der Waals surface area contributed by atoms with Gasteiger partial charge in [0.25, 0.3) is 5.91 Å². The lowest BCUT2D eigenvalue weighted by Crippen LogP contribution is -2.30. The first-order valence-electron chi connectivity index (χ1n) is 8.07. The largest absolute Gasteiger partial charge is 0.472 e. The maximum atomic E-state index is 12.6. The molecular formula is C16H19N3O4. The smallest absolute Gasteiger partial charge is 0.257 e. The minimum atomic E-state index is -0.140. The molecule has 1 amide bonds. The van der Waals surface area contributed by atoms with E-state index in [4.69, 9.17) is 13.7 Å². The molecule has 4 rings (SSSR count). The highest BCUT2D eigenvalue weighted by Gasteiger charge is 2.35. The second-order valence-electron chi connectivity index (χ2n) is 6.05. The van der Waals surface area contributed by atoms with E-state index in [2.05, 4.69) is 10.1 Å². The molecule has 0 radical (unpaired) electrons. The SMILES string of the molecule is O=C(c1ccoc1)N1CCCC1c1nc(C2CCOCC2)no1. The van der Waals surface area contributed by atoms with Crippen molar-refractivity contribution >= 4 is 5.91 Å². The Balaban J connectivity index is 1.52. The highest BCUT2D eigenvalue weighted by atomic mass is 16.5. The van der Waals surface area contributed by atoms with Crippen LogP contribution in [0.15, 0.2) is 27.5 Å². The van der Waals surface area contributed by atoms with E-state index in [0.717, 1.165) is 44.7 Å². The molecule has 0 bridgehead atoms. The molecule has 2 aliphatic heterocycles. The molecule has 0 saturated carbocycles. The van der Waals surface area contributed by atoms with Crippen molar-refractivity contribution in [3.05, 3.63) is 35.9 Å². The summed E-state index contributed by atoms with van der Waals surface area (Å²) < 4.78 is 15.9. The van der Waals surface area contributed by atoms with Crippen LogP contribution in [0.5, 0.6) is 0 Å². The van der Waals surface area contributed by atoms with Crippen molar-refractivity contribution in [1.82, 2.24) is 15.0 Å². The maximum absolute atomic E-state index is 12.6. The molecular weight excluding hydrogens is 298 g/mol. The standard InChI is InChI=1S/C16H19N3O4/c20-16(12-5-9-22-10-12)19-6-1-2-13(19)15-17-14(18-23-15)11-3-7-21-8-4-11/h5,9-11,13H,1-4,6-8H2. The van der Waals surface area contributed by atoms with Crippen molar-refractivity contribution < 1.29 is 18.5 Å². The van der Waals surface area contributed by atoms with Gasteiger partial charge in [-0.3, -0.25) is 4.79 Å². The van der Waals surface area contributed by atoms with E-state index >= 15 is 0 Å². The molecule has 0 aliphatic carbocycles. The van der Waals surface area contributed by atoms with Gasteiger partial charge in [0.1, 0.15) is 12.3 Å². The molecule has 0 spiro atoms. The summed E-state index contributed by atoms with van der Waals surface area (Å²) in [6.07, 6.45) is 6.60. The van der Waals surface area contributed by atoms with Crippen molar-refractivity contribution in [2.24, 2.45) is 0 Å². The highest BCUT2D eigenvalue weighted by molar-refractivity contribution is 5.94. The third-order valence-electron chi connectivity index (χ3n) is 4.61. The molecule has 2 fully saturated rings. The molecule has 2 aromatic heterocycles. The Morgan fingerprint density at radius 3 is 2.91 bits per heavy atom. The van der Waals surface area contributed by atoms with Crippen molar-refractivity contribution in [2.45, 2.75) is 37.6 Å². The lowest BCUT2D eigenvalue weighted by molar-refractivity contribution is 0.0709. The van der Waals surface area contributed by atoms with E-state index in [1.807, 2.05) is 0 Å². The number of aromatic nitrogens is 2. The van der Waals surface area contributed by atoms with Crippen LogP contribution in [0, 0.1) is 0 Å². The van der Waals surface area contributed by atoms with E-state index in [1.54, 1.807) is 11.0 Å². The Morgan fingerprint density at radius 1 is 1.26 bits per heavy atom. The van der Waals surface area contributed by atoms with E-state index < -0.39 is 0 Å². The first-order chi connectivity index (χ1) is 11.3. The molecule has 1 unspecified atom stereocenters. The fourth-order valence-corrected chi connectivity index (χ4v) is 3.32. The van der Waals surface area contributed by atoms with Gasteiger partial charge in [-0.2, -0.15) is 4.98 Å². The summed E-state index contributed by atoms with van der Waals surface area (Å²) >= 11 is 0. The average molecular weight is 317 g/mol. The summed E-state index contributed by atoms with van der Waals surface area (Å²) in [7, 11) is 0. The quantitative estimate of drug-likeness (QED) is 0.865. The van der Waals surface area contributed by atoms with Crippen LogP contribution in [0.2, 0.25) is 0 Å². The zero-order chi connectivity index (χ0) is 15.6. The summed E-state index contributed by atoms with van der Waals surface area (Å²) in [6, 6.07) is 1.54. The first kappa shape index (κ1) is 14.4. The third-order valence-corrected chi connectivity index (χ3v) is 4.61. The van der Waals surface area contributed by atoms with Gasteiger partial charge in [0, 0.05) is 25.7 Å². The van der Waals surface area contributed by atoms with Crippen LogP contribution >= 0.6 is 0 Å². The second-order valence-corrected chi connectivity index (χ2v) is 6.05. The molecule has 7 heteroatoms. The Bertz CT molecular complexity index is 661. The van der Waals surface area contributed by atoms with Crippen molar-refractivity contribution in [2.75, 3.05) is 19.8 Å². The highest BCUT2D eigenvalue weighted by Crippen LogP contribution is 2.34. The normalized spacial score (nSPS) is 22.6. The number of nitrogens with zero attached hydrogens (tertiary/aromatic N) is 3. The van der Waals surface area contributed by atoms with Crippen molar-refractivity contribution in [1.29, 1.82) is 0 Å². The van der Waals surface area contributed by atoms with Crippen molar-refractivity contribution in [3.8, 4) is 0 Å². The predicted molar refractivity (Wildman–Crippen MR) is 78.8 cm³/mol. The first-order valence-corrected chi connectivity index (χ1v) is 8.07. The molecule has 1 atom stereocenters. The number of ether oxygens (including phenoxy) is 1. The van der Waals surface area contributed by atoms with Crippen LogP contribution in [0.4, 0.5) is 0 Å². The number of hydrogen-bond acceptors (Lipinski definition) is 6. The molecule has 23 heavy (non-hydrogen) atoms. The fourth-order valence-electron chi connectivity index (χ4n) is 3.32. The van der Waals surface area contributed by atoms with E-state index in [9.17, 15) is 4.79 Å². The summed E-state index contributed by atoms with van der Waals surface area (Å²) in [5, 5.41) is 4.14. The van der Waals surface area contributed by atoms with Crippen LogP contribution in [0.1, 0.15) is 59.7 Å². The summed E-state index contributed by atoms with van der Waals surface area (Å²) in [5.41, 5.74) is 0.557. The molecule has 0 N–H and O–H groups in total. The van der Waals surface area contributed by atoms with Gasteiger partial charge in [-0.15, -0.1) is 0 Å². The number of amides is 1. The number of furan rings is 1. The maximum Gasteiger partial charge on any atom is 0.257 e. The van der Waals surface area contributed by atoms with E-state index in [0.29, 0.717) is 23.9 Å². The summed E-state index contributed by atoms with van der Waals surface area (Å²) in [4.78, 5) is 18.9. The van der Waals surface area contributed by atoms with Gasteiger partial charge in [-0.25, -0.2) is 0 Å². The van der Waals surface area contributed by atoms with Crippen LogP contribution < -0.4 is 0 Å². The third kappa shape index (κ3) is 2.76. The molecule has 2 aliphatic rings. The van der Waals surface area contributed by atoms with Crippen molar-refractivity contribution in [3.63, 3.8) is 0 Å². The van der Waals surface area contributed by atoms with Crippen LogP contribution in [0.3, 0.4) is 0 Å². The Hall–Kier alpha value is -2.15. The second kappa shape index (κ2) is 6.16. The number of likely N-dealkylation sites (tertiary alicyclic amines) is 1. The Kier molecular flexibility index (Phi) is 3.87. The summed E-state index contributed by atoms with van der Waals surface area (Å²) in [5.74, 6) is 1.53. The van der Waals surface area contributed by atoms with Gasteiger partial charge in [0.05, 0.1) is 11.8 Å². The van der Waals surface area contributed by atoms with Crippen LogP contribution in [-0.2, 0) is 4.74 Å². The van der Waals surface area contributed by atoms with Gasteiger partial charge >= 0.3 is 0 Å². The van der Waals surface area contributed by atoms with Gasteiger partial charge in [-0.1, -0.05) is 5.16 Å². The van der Waals surface area contributed by atoms with E-state index in [-0.39, 0.29) is 11.9 Å². The molecule has 0 aromatic carbocycles. The molecule has 7 nitrogen and oxygen atoms in total. The zero-order valence-electron chi connectivity index (χ0n) is 12.8. The molecule has 122 valence electrons. The zero-order valence-corrected chi connectivity index (χ0v) is 12.8. The van der Waals surface area contributed by atoms with Gasteiger partial charge in [0.2, 0.25) is 5.89 Å². The molecule has 4 heterocycles. The monoisotopic (exact) mass is 317 g/mol. The average Bonchev–Trinajstić information content (AvgIpc) is 3.35. The Labute approximate surface area is 133 Å². The van der Waals surface area contributed by atoms with E-state index in [1.165, 1.54) is 12.5 Å². The predicted octanol–water partition coefficient (Wildman–Crippen LogP) is 2.53. The minimum absolute atomic E-state index is 0.0490. The lowest BCUT2D eigenvalue weighted by Gasteiger charge is -2.21. The topological polar surface area (TPSA) is 81.6 Å². The number of carbonyl (C=O) groups is 1. The van der Waals surface area contributed by atoms with Gasteiger partial charge in [-0.05, 0) is 31.7 Å².